The van der Waals surface area contributed by atoms with Gasteiger partial charge < -0.3 is 19.0 Å². The third kappa shape index (κ3) is 4.13. The van der Waals surface area contributed by atoms with Gasteiger partial charge in [-0.2, -0.15) is 0 Å². The van der Waals surface area contributed by atoms with E-state index in [0.29, 0.717) is 5.56 Å². The molecule has 0 radical (unpaired) electrons. The van der Waals surface area contributed by atoms with Crippen LogP contribution < -0.4 is 4.74 Å². The molecule has 3 heterocycles. The monoisotopic (exact) mass is 466 g/mol. The zero-order valence-electron chi connectivity index (χ0n) is 19.6. The minimum absolute atomic E-state index is 0.0362. The molecule has 34 heavy (non-hydrogen) atoms. The summed E-state index contributed by atoms with van der Waals surface area (Å²) in [6, 6.07) is 8.76. The summed E-state index contributed by atoms with van der Waals surface area (Å²) >= 11 is 0. The van der Waals surface area contributed by atoms with E-state index in [2.05, 4.69) is 27.2 Å². The second-order valence-electron chi connectivity index (χ2n) is 9.04. The molecule has 0 spiro atoms. The number of halogens is 2. The molecule has 0 saturated carbocycles. The van der Waals surface area contributed by atoms with Crippen molar-refractivity contribution >= 4 is 5.84 Å². The molecule has 5 rings (SSSR count). The van der Waals surface area contributed by atoms with Crippen LogP contribution in [0.15, 0.2) is 48.0 Å². The van der Waals surface area contributed by atoms with Crippen LogP contribution in [0.3, 0.4) is 0 Å². The van der Waals surface area contributed by atoms with Gasteiger partial charge in [-0.1, -0.05) is 11.2 Å². The molecule has 2 atom stereocenters. The second-order valence-corrected chi connectivity index (χ2v) is 9.04. The molecule has 1 fully saturated rings. The Kier molecular flexibility index (Phi) is 5.98. The van der Waals surface area contributed by atoms with Gasteiger partial charge in [0.2, 0.25) is 0 Å². The highest BCUT2D eigenvalue weighted by Gasteiger charge is 2.36. The summed E-state index contributed by atoms with van der Waals surface area (Å²) in [6.07, 6.45) is 6.44. The summed E-state index contributed by atoms with van der Waals surface area (Å²) in [5.74, 6) is 0.688. The van der Waals surface area contributed by atoms with Crippen LogP contribution in [0, 0.1) is 31.4 Å². The summed E-state index contributed by atoms with van der Waals surface area (Å²) in [7, 11) is 1.66. The van der Waals surface area contributed by atoms with Crippen LogP contribution in [-0.4, -0.2) is 40.5 Å². The molecule has 2 unspecified atom stereocenters. The van der Waals surface area contributed by atoms with Crippen molar-refractivity contribution in [3.63, 3.8) is 0 Å². The first-order valence-corrected chi connectivity index (χ1v) is 11.5. The van der Waals surface area contributed by atoms with Crippen LogP contribution in [0.2, 0.25) is 0 Å². The number of methoxy groups -OCH3 is 1. The zero-order valence-corrected chi connectivity index (χ0v) is 19.6. The van der Waals surface area contributed by atoms with Gasteiger partial charge in [-0.15, -0.1) is 0 Å². The Hall–Kier alpha value is -3.42. The van der Waals surface area contributed by atoms with Gasteiger partial charge in [0.1, 0.15) is 29.8 Å². The molecule has 3 aromatic rings. The van der Waals surface area contributed by atoms with Crippen molar-refractivity contribution in [1.29, 1.82) is 0 Å². The number of imidazole rings is 1. The van der Waals surface area contributed by atoms with E-state index < -0.39 is 11.6 Å². The van der Waals surface area contributed by atoms with Crippen molar-refractivity contribution in [2.45, 2.75) is 39.2 Å². The number of oxime groups is 1. The third-order valence-electron chi connectivity index (χ3n) is 6.78. The summed E-state index contributed by atoms with van der Waals surface area (Å²) in [5, 5.41) is 4.39. The first-order chi connectivity index (χ1) is 16.4. The first-order valence-electron chi connectivity index (χ1n) is 11.5. The smallest absolute Gasteiger partial charge is 0.148 e. The molecular weight excluding hydrogens is 438 g/mol. The fraction of sp³-hybridized carbons (Fsp3) is 0.385. The number of rotatable bonds is 5. The van der Waals surface area contributed by atoms with Crippen molar-refractivity contribution in [3.8, 4) is 11.4 Å². The standard InChI is InChI=1S/C26H28F2N4O2/c1-16-13-31(15-29-16)23-7-6-18(10-25(23)33-3)9-19-5-4-8-32-24(14-34-30-26(19)32)20-11-21(27)17(2)22(28)12-20/h6-7,10-13,15,19,24H,4-5,8-9,14H2,1-3H3. The summed E-state index contributed by atoms with van der Waals surface area (Å²) in [4.78, 5) is 12.0. The lowest BCUT2D eigenvalue weighted by molar-refractivity contribution is 0.0473. The second kappa shape index (κ2) is 9.08. The summed E-state index contributed by atoms with van der Waals surface area (Å²) in [6.45, 7) is 4.45. The Balaban J connectivity index is 1.39. The molecule has 178 valence electrons. The van der Waals surface area contributed by atoms with Gasteiger partial charge in [0.25, 0.3) is 0 Å². The maximum Gasteiger partial charge on any atom is 0.148 e. The number of nitrogens with zero attached hydrogens (tertiary/aromatic N) is 4. The van der Waals surface area contributed by atoms with Crippen molar-refractivity contribution in [3.05, 3.63) is 76.9 Å². The number of ether oxygens (including phenoxy) is 1. The number of benzene rings is 2. The molecule has 1 aromatic heterocycles. The molecule has 0 bridgehead atoms. The van der Waals surface area contributed by atoms with Gasteiger partial charge in [-0.25, -0.2) is 13.8 Å². The van der Waals surface area contributed by atoms with Gasteiger partial charge in [-0.05, 0) is 68.5 Å². The Labute approximate surface area is 197 Å². The normalized spacial score (nSPS) is 19.9. The van der Waals surface area contributed by atoms with E-state index in [4.69, 9.17) is 9.57 Å². The Morgan fingerprint density at radius 2 is 1.94 bits per heavy atom. The van der Waals surface area contributed by atoms with Crippen LogP contribution in [0.5, 0.6) is 5.75 Å². The van der Waals surface area contributed by atoms with Gasteiger partial charge >= 0.3 is 0 Å². The highest BCUT2D eigenvalue weighted by atomic mass is 19.1. The summed E-state index contributed by atoms with van der Waals surface area (Å²) in [5.41, 5.74) is 3.61. The largest absolute Gasteiger partial charge is 0.495 e. The van der Waals surface area contributed by atoms with E-state index in [9.17, 15) is 8.78 Å². The van der Waals surface area contributed by atoms with Gasteiger partial charge in [0.15, 0.2) is 0 Å². The maximum absolute atomic E-state index is 14.3. The molecule has 1 saturated heterocycles. The van der Waals surface area contributed by atoms with Crippen molar-refractivity contribution in [2.24, 2.45) is 11.1 Å². The fourth-order valence-corrected chi connectivity index (χ4v) is 4.92. The molecule has 6 nitrogen and oxygen atoms in total. The highest BCUT2D eigenvalue weighted by molar-refractivity contribution is 5.86. The number of fused-ring (bicyclic) bond motifs is 1. The van der Waals surface area contributed by atoms with Crippen LogP contribution in [0.4, 0.5) is 8.78 Å². The van der Waals surface area contributed by atoms with Crippen molar-refractivity contribution in [2.75, 3.05) is 20.3 Å². The molecule has 0 amide bonds. The average Bonchev–Trinajstić information content (AvgIpc) is 3.28. The van der Waals surface area contributed by atoms with Crippen molar-refractivity contribution < 1.29 is 18.4 Å². The topological polar surface area (TPSA) is 51.9 Å². The predicted octanol–water partition coefficient (Wildman–Crippen LogP) is 5.12. The number of hydrogen-bond donors (Lipinski definition) is 0. The number of aromatic nitrogens is 2. The van der Waals surface area contributed by atoms with E-state index in [1.54, 1.807) is 13.4 Å². The van der Waals surface area contributed by atoms with Crippen molar-refractivity contribution in [1.82, 2.24) is 14.5 Å². The number of amidine groups is 1. The molecule has 2 aliphatic rings. The third-order valence-corrected chi connectivity index (χ3v) is 6.78. The molecule has 0 N–H and O–H groups in total. The number of hydrogen-bond acceptors (Lipinski definition) is 5. The lowest BCUT2D eigenvalue weighted by Gasteiger charge is -2.42. The Morgan fingerprint density at radius 3 is 2.65 bits per heavy atom. The molecule has 8 heteroatoms. The Bertz CT molecular complexity index is 1220. The molecule has 2 aromatic carbocycles. The van der Waals surface area contributed by atoms with E-state index in [-0.39, 0.29) is 24.1 Å². The van der Waals surface area contributed by atoms with E-state index in [0.717, 1.165) is 54.3 Å². The summed E-state index contributed by atoms with van der Waals surface area (Å²) < 4.78 is 36.1. The minimum Gasteiger partial charge on any atom is -0.495 e. The van der Waals surface area contributed by atoms with Gasteiger partial charge in [0, 0.05) is 24.2 Å². The molecule has 2 aliphatic heterocycles. The van der Waals surface area contributed by atoms with Gasteiger partial charge in [0.05, 0.1) is 30.9 Å². The highest BCUT2D eigenvalue weighted by Crippen LogP contribution is 2.35. The molecular formula is C26H28F2N4O2. The van der Waals surface area contributed by atoms with Crippen LogP contribution >= 0.6 is 0 Å². The first kappa shape index (κ1) is 22.4. The van der Waals surface area contributed by atoms with E-state index in [1.165, 1.54) is 19.1 Å². The quantitative estimate of drug-likeness (QED) is 0.524. The van der Waals surface area contributed by atoms with Gasteiger partial charge in [-0.3, -0.25) is 0 Å². The van der Waals surface area contributed by atoms with E-state index in [1.807, 2.05) is 23.8 Å². The zero-order chi connectivity index (χ0) is 23.8. The predicted molar refractivity (Wildman–Crippen MR) is 125 cm³/mol. The maximum atomic E-state index is 14.3. The van der Waals surface area contributed by atoms with Crippen LogP contribution in [0.25, 0.3) is 5.69 Å². The minimum atomic E-state index is -0.534. The Morgan fingerprint density at radius 1 is 1.15 bits per heavy atom. The van der Waals surface area contributed by atoms with E-state index >= 15 is 0 Å². The van der Waals surface area contributed by atoms with Crippen LogP contribution in [-0.2, 0) is 11.3 Å². The number of aryl methyl sites for hydroxylation is 1. The van der Waals surface area contributed by atoms with Crippen LogP contribution in [0.1, 0.15) is 41.3 Å². The fourth-order valence-electron chi connectivity index (χ4n) is 4.92. The lowest BCUT2D eigenvalue weighted by atomic mass is 9.88. The number of piperidine rings is 1. The lowest BCUT2D eigenvalue weighted by Crippen LogP contribution is -2.47. The SMILES string of the molecule is COc1cc(CC2CCCN3C2=NOCC3c2cc(F)c(C)c(F)c2)ccc1-n1cnc(C)c1. The average molecular weight is 467 g/mol. The molecule has 0 aliphatic carbocycles.